The number of aromatic amines is 1. The van der Waals surface area contributed by atoms with Gasteiger partial charge in [-0.15, -0.1) is 0 Å². The number of hydrogen-bond donors (Lipinski definition) is 2. The highest BCUT2D eigenvalue weighted by atomic mass is 28.3. The highest BCUT2D eigenvalue weighted by molar-refractivity contribution is 6.76. The molecule has 0 aliphatic heterocycles. The summed E-state index contributed by atoms with van der Waals surface area (Å²) in [6.45, 7) is 7.36. The molecule has 1 aliphatic carbocycles. The van der Waals surface area contributed by atoms with E-state index in [2.05, 4.69) is 24.6 Å². The first kappa shape index (κ1) is 18.8. The number of esters is 1. The van der Waals surface area contributed by atoms with Crippen molar-refractivity contribution in [2.45, 2.75) is 57.4 Å². The number of nitrogens with zero attached hydrogens (tertiary/aromatic N) is 1. The quantitative estimate of drug-likeness (QED) is 0.475. The standard InChI is InChI=1S/C19H29N3O3Si/c1-26(2,3)12-11-25-18(23)13-7-9-14(10-8-13)22-16-6-4-5-15(20)17(16)21-19(22)24/h4-6,13-14H,7-12,20H2,1-3H3,(H,21,24). The number of nitrogens with one attached hydrogen (secondary N) is 1. The number of anilines is 1. The third-order valence-electron chi connectivity index (χ3n) is 5.28. The average molecular weight is 376 g/mol. The number of carbonyl (C=O) groups is 1. The Morgan fingerprint density at radius 1 is 1.27 bits per heavy atom. The van der Waals surface area contributed by atoms with Crippen molar-refractivity contribution in [3.8, 4) is 0 Å². The summed E-state index contributed by atoms with van der Waals surface area (Å²) in [4.78, 5) is 27.6. The zero-order chi connectivity index (χ0) is 18.9. The van der Waals surface area contributed by atoms with Gasteiger partial charge in [0.15, 0.2) is 0 Å². The van der Waals surface area contributed by atoms with E-state index >= 15 is 0 Å². The predicted octanol–water partition coefficient (Wildman–Crippen LogP) is 3.52. The second-order valence-electron chi connectivity index (χ2n) is 8.53. The molecular weight excluding hydrogens is 346 g/mol. The minimum atomic E-state index is -1.19. The summed E-state index contributed by atoms with van der Waals surface area (Å²) >= 11 is 0. The number of rotatable bonds is 5. The van der Waals surface area contributed by atoms with Crippen LogP contribution in [-0.4, -0.2) is 30.2 Å². The van der Waals surface area contributed by atoms with Crippen molar-refractivity contribution in [1.82, 2.24) is 9.55 Å². The van der Waals surface area contributed by atoms with Crippen molar-refractivity contribution in [1.29, 1.82) is 0 Å². The zero-order valence-electron chi connectivity index (χ0n) is 15.9. The molecule has 1 aromatic heterocycles. The largest absolute Gasteiger partial charge is 0.466 e. The second-order valence-corrected chi connectivity index (χ2v) is 14.1. The number of nitrogen functional groups attached to an aromatic ring is 1. The van der Waals surface area contributed by atoms with E-state index in [4.69, 9.17) is 10.5 Å². The maximum atomic E-state index is 12.4. The lowest BCUT2D eigenvalue weighted by Crippen LogP contribution is -2.30. The predicted molar refractivity (Wildman–Crippen MR) is 107 cm³/mol. The summed E-state index contributed by atoms with van der Waals surface area (Å²) in [5.74, 6) is -0.115. The van der Waals surface area contributed by atoms with Gasteiger partial charge in [0.1, 0.15) is 0 Å². The molecule has 1 aromatic carbocycles. The number of H-pyrrole nitrogens is 1. The Morgan fingerprint density at radius 3 is 2.62 bits per heavy atom. The SMILES string of the molecule is C[Si](C)(C)CCOC(=O)C1CCC(n2c(=O)[nH]c3c(N)cccc32)CC1. The van der Waals surface area contributed by atoms with Gasteiger partial charge in [-0.05, 0) is 43.9 Å². The van der Waals surface area contributed by atoms with E-state index in [9.17, 15) is 9.59 Å². The first-order valence-electron chi connectivity index (χ1n) is 9.41. The number of imidazole rings is 1. The third-order valence-corrected chi connectivity index (χ3v) is 6.98. The molecule has 6 nitrogen and oxygen atoms in total. The number of ether oxygens (including phenoxy) is 1. The number of fused-ring (bicyclic) bond motifs is 1. The summed E-state index contributed by atoms with van der Waals surface area (Å²) in [5.41, 5.74) is 7.96. The van der Waals surface area contributed by atoms with Crippen LogP contribution in [0.4, 0.5) is 5.69 Å². The van der Waals surface area contributed by atoms with E-state index in [0.29, 0.717) is 17.8 Å². The summed E-state index contributed by atoms with van der Waals surface area (Å²) < 4.78 is 7.30. The molecule has 0 spiro atoms. The number of nitrogens with two attached hydrogens (primary N) is 1. The molecule has 0 amide bonds. The highest BCUT2D eigenvalue weighted by Crippen LogP contribution is 2.34. The molecule has 0 radical (unpaired) electrons. The second kappa shape index (κ2) is 7.30. The van der Waals surface area contributed by atoms with Gasteiger partial charge < -0.3 is 15.5 Å². The average Bonchev–Trinajstić information content (AvgIpc) is 2.91. The van der Waals surface area contributed by atoms with E-state index < -0.39 is 8.07 Å². The van der Waals surface area contributed by atoms with Crippen LogP contribution in [-0.2, 0) is 9.53 Å². The molecule has 7 heteroatoms. The zero-order valence-corrected chi connectivity index (χ0v) is 16.9. The molecule has 3 N–H and O–H groups in total. The fourth-order valence-corrected chi connectivity index (χ4v) is 4.39. The van der Waals surface area contributed by atoms with Gasteiger partial charge in [-0.25, -0.2) is 4.79 Å². The summed E-state index contributed by atoms with van der Waals surface area (Å²) in [7, 11) is -1.19. The molecule has 142 valence electrons. The Balaban J connectivity index is 1.63. The summed E-state index contributed by atoms with van der Waals surface area (Å²) in [5, 5.41) is 0. The number of aromatic nitrogens is 2. The van der Waals surface area contributed by atoms with Crippen LogP contribution < -0.4 is 11.4 Å². The fraction of sp³-hybridized carbons (Fsp3) is 0.579. The minimum absolute atomic E-state index is 0.0427. The van der Waals surface area contributed by atoms with Crippen molar-refractivity contribution in [3.63, 3.8) is 0 Å². The minimum Gasteiger partial charge on any atom is -0.466 e. The summed E-state index contributed by atoms with van der Waals surface area (Å²) in [6, 6.07) is 6.67. The van der Waals surface area contributed by atoms with E-state index in [1.807, 2.05) is 12.1 Å². The first-order valence-corrected chi connectivity index (χ1v) is 13.1. The highest BCUT2D eigenvalue weighted by Gasteiger charge is 2.30. The lowest BCUT2D eigenvalue weighted by Gasteiger charge is -2.28. The van der Waals surface area contributed by atoms with Crippen LogP contribution in [0.25, 0.3) is 11.0 Å². The number of carbonyl (C=O) groups excluding carboxylic acids is 1. The maximum absolute atomic E-state index is 12.4. The van der Waals surface area contributed by atoms with E-state index in [1.165, 1.54) is 0 Å². The maximum Gasteiger partial charge on any atom is 0.326 e. The first-order chi connectivity index (χ1) is 12.3. The molecule has 1 heterocycles. The molecule has 0 bridgehead atoms. The number of para-hydroxylation sites is 1. The van der Waals surface area contributed by atoms with Gasteiger partial charge in [-0.3, -0.25) is 9.36 Å². The van der Waals surface area contributed by atoms with E-state index in [1.54, 1.807) is 10.6 Å². The Bertz CT molecular complexity index is 842. The number of benzene rings is 1. The summed E-state index contributed by atoms with van der Waals surface area (Å²) in [6.07, 6.45) is 3.13. The van der Waals surface area contributed by atoms with Crippen molar-refractivity contribution in [3.05, 3.63) is 28.7 Å². The van der Waals surface area contributed by atoms with Gasteiger partial charge in [0.25, 0.3) is 0 Å². The fourth-order valence-electron chi connectivity index (χ4n) is 3.68. The molecule has 1 fully saturated rings. The molecule has 26 heavy (non-hydrogen) atoms. The van der Waals surface area contributed by atoms with E-state index in [0.717, 1.165) is 37.2 Å². The van der Waals surface area contributed by atoms with Crippen molar-refractivity contribution >= 4 is 30.8 Å². The van der Waals surface area contributed by atoms with Gasteiger partial charge in [0, 0.05) is 14.1 Å². The molecule has 2 aromatic rings. The van der Waals surface area contributed by atoms with Gasteiger partial charge in [-0.2, -0.15) is 0 Å². The molecule has 3 rings (SSSR count). The Hall–Kier alpha value is -2.02. The van der Waals surface area contributed by atoms with Crippen LogP contribution in [0.5, 0.6) is 0 Å². The van der Waals surface area contributed by atoms with Crippen molar-refractivity contribution < 1.29 is 9.53 Å². The molecule has 0 atom stereocenters. The van der Waals surface area contributed by atoms with E-state index in [-0.39, 0.29) is 23.6 Å². The molecule has 1 aliphatic rings. The lowest BCUT2D eigenvalue weighted by atomic mass is 9.86. The van der Waals surface area contributed by atoms with Gasteiger partial charge in [-0.1, -0.05) is 25.7 Å². The molecule has 0 unspecified atom stereocenters. The van der Waals surface area contributed by atoms with Crippen molar-refractivity contribution in [2.75, 3.05) is 12.3 Å². The number of hydrogen-bond acceptors (Lipinski definition) is 4. The van der Waals surface area contributed by atoms with Crippen LogP contribution in [0.15, 0.2) is 23.0 Å². The van der Waals surface area contributed by atoms with Gasteiger partial charge in [0.2, 0.25) is 0 Å². The normalized spacial score (nSPS) is 21.0. The van der Waals surface area contributed by atoms with Crippen LogP contribution in [0, 0.1) is 5.92 Å². The Labute approximate surface area is 154 Å². The topological polar surface area (TPSA) is 90.1 Å². The van der Waals surface area contributed by atoms with Crippen LogP contribution in [0.3, 0.4) is 0 Å². The lowest BCUT2D eigenvalue weighted by molar-refractivity contribution is -0.149. The Kier molecular flexibility index (Phi) is 5.27. The van der Waals surface area contributed by atoms with Crippen molar-refractivity contribution in [2.24, 2.45) is 5.92 Å². The Morgan fingerprint density at radius 2 is 1.96 bits per heavy atom. The third kappa shape index (κ3) is 4.03. The molecular formula is C19H29N3O3Si. The van der Waals surface area contributed by atoms with Gasteiger partial charge >= 0.3 is 11.7 Å². The molecule has 0 saturated heterocycles. The monoisotopic (exact) mass is 375 g/mol. The van der Waals surface area contributed by atoms with Gasteiger partial charge in [0.05, 0.1) is 29.2 Å². The molecule has 1 saturated carbocycles. The van der Waals surface area contributed by atoms with Crippen LogP contribution in [0.2, 0.25) is 25.7 Å². The smallest absolute Gasteiger partial charge is 0.326 e. The van der Waals surface area contributed by atoms with Crippen LogP contribution in [0.1, 0.15) is 31.7 Å². The van der Waals surface area contributed by atoms with Crippen LogP contribution >= 0.6 is 0 Å².